The van der Waals surface area contributed by atoms with Crippen LogP contribution in [0, 0.1) is 0 Å². The highest BCUT2D eigenvalue weighted by atomic mass is 16.5. The molecule has 1 aliphatic heterocycles. The van der Waals surface area contributed by atoms with E-state index in [1.54, 1.807) is 0 Å². The van der Waals surface area contributed by atoms with Crippen LogP contribution in [-0.4, -0.2) is 28.7 Å². The van der Waals surface area contributed by atoms with E-state index in [2.05, 4.69) is 6.07 Å². The van der Waals surface area contributed by atoms with E-state index in [4.69, 9.17) is 4.74 Å². The third-order valence-electron chi connectivity index (χ3n) is 4.40. The fraction of sp³-hybridized carbons (Fsp3) is 0.562. The third kappa shape index (κ3) is 2.35. The van der Waals surface area contributed by atoms with Crippen LogP contribution in [0.2, 0.25) is 0 Å². The summed E-state index contributed by atoms with van der Waals surface area (Å²) >= 11 is 0. The van der Waals surface area contributed by atoms with E-state index in [0.29, 0.717) is 13.1 Å². The molecule has 3 rings (SSSR count). The summed E-state index contributed by atoms with van der Waals surface area (Å²) in [6.07, 6.45) is 4.49. The van der Waals surface area contributed by atoms with Gasteiger partial charge in [-0.3, -0.25) is 0 Å². The summed E-state index contributed by atoms with van der Waals surface area (Å²) in [6.45, 7) is 2.95. The molecule has 0 aromatic heterocycles. The van der Waals surface area contributed by atoms with Crippen molar-refractivity contribution in [3.8, 4) is 5.75 Å². The first-order chi connectivity index (χ1) is 9.69. The van der Waals surface area contributed by atoms with Crippen LogP contribution in [0.5, 0.6) is 5.75 Å². The van der Waals surface area contributed by atoms with Gasteiger partial charge in [0.15, 0.2) is 0 Å². The van der Waals surface area contributed by atoms with Gasteiger partial charge >= 0.3 is 6.09 Å². The topological polar surface area (TPSA) is 49.8 Å². The predicted octanol–water partition coefficient (Wildman–Crippen LogP) is 3.22. The molecule has 0 spiro atoms. The van der Waals surface area contributed by atoms with E-state index >= 15 is 0 Å². The fourth-order valence-electron chi connectivity index (χ4n) is 3.24. The Balaban J connectivity index is 2.03. The Morgan fingerprint density at radius 3 is 2.90 bits per heavy atom. The Labute approximate surface area is 119 Å². The highest BCUT2D eigenvalue weighted by Crippen LogP contribution is 2.34. The van der Waals surface area contributed by atoms with Gasteiger partial charge in [0, 0.05) is 5.56 Å². The third-order valence-corrected chi connectivity index (χ3v) is 4.40. The van der Waals surface area contributed by atoms with Crippen molar-refractivity contribution in [1.82, 2.24) is 4.90 Å². The number of fused-ring (bicyclic) bond motifs is 3. The van der Waals surface area contributed by atoms with Crippen LogP contribution in [0.3, 0.4) is 0 Å². The average molecular weight is 275 g/mol. The molecule has 0 unspecified atom stereocenters. The Kier molecular flexibility index (Phi) is 3.55. The number of benzene rings is 1. The standard InChI is InChI=1S/C16H21NO3/c1-2-12-9-17(16(18)19)10-14-13-6-4-3-5-11(13)7-8-15(14)20-12/h7-8,12H,2-6,9-10H2,1H3,(H,18,19)/t12-/m1/s1. The van der Waals surface area contributed by atoms with Crippen LogP contribution in [0.15, 0.2) is 12.1 Å². The molecule has 1 heterocycles. The summed E-state index contributed by atoms with van der Waals surface area (Å²) in [6, 6.07) is 4.20. The first kappa shape index (κ1) is 13.3. The van der Waals surface area contributed by atoms with Crippen LogP contribution in [0.4, 0.5) is 4.79 Å². The largest absolute Gasteiger partial charge is 0.488 e. The minimum atomic E-state index is -0.853. The van der Waals surface area contributed by atoms with Gasteiger partial charge in [0.2, 0.25) is 0 Å². The Hall–Kier alpha value is -1.71. The second-order valence-electron chi connectivity index (χ2n) is 5.70. The Bertz CT molecular complexity index is 527. The average Bonchev–Trinajstić information content (AvgIpc) is 2.66. The number of aryl methyl sites for hydroxylation is 1. The molecule has 0 radical (unpaired) electrons. The lowest BCUT2D eigenvalue weighted by atomic mass is 9.87. The van der Waals surface area contributed by atoms with Gasteiger partial charge in [-0.15, -0.1) is 0 Å². The van der Waals surface area contributed by atoms with Crippen LogP contribution in [-0.2, 0) is 19.4 Å². The zero-order chi connectivity index (χ0) is 14.1. The summed E-state index contributed by atoms with van der Waals surface area (Å²) in [4.78, 5) is 12.9. The number of nitrogens with zero attached hydrogens (tertiary/aromatic N) is 1. The number of carboxylic acid groups (broad SMARTS) is 1. The van der Waals surface area contributed by atoms with Gasteiger partial charge in [-0.25, -0.2) is 4.79 Å². The number of ether oxygens (including phenoxy) is 1. The molecule has 108 valence electrons. The smallest absolute Gasteiger partial charge is 0.407 e. The number of carbonyl (C=O) groups is 1. The van der Waals surface area contributed by atoms with E-state index in [1.165, 1.54) is 28.9 Å². The number of rotatable bonds is 1. The van der Waals surface area contributed by atoms with Crippen molar-refractivity contribution in [3.05, 3.63) is 28.8 Å². The molecule has 0 saturated carbocycles. The van der Waals surface area contributed by atoms with Gasteiger partial charge in [-0.1, -0.05) is 13.0 Å². The predicted molar refractivity (Wildman–Crippen MR) is 76.2 cm³/mol. The molecule has 4 nitrogen and oxygen atoms in total. The van der Waals surface area contributed by atoms with E-state index < -0.39 is 6.09 Å². The molecule has 0 fully saturated rings. The van der Waals surface area contributed by atoms with Crippen molar-refractivity contribution in [2.24, 2.45) is 0 Å². The zero-order valence-corrected chi connectivity index (χ0v) is 11.9. The van der Waals surface area contributed by atoms with E-state index in [9.17, 15) is 9.90 Å². The molecule has 0 bridgehead atoms. The molecule has 2 aliphatic rings. The van der Waals surface area contributed by atoms with Crippen molar-refractivity contribution in [3.63, 3.8) is 0 Å². The van der Waals surface area contributed by atoms with E-state index in [-0.39, 0.29) is 6.10 Å². The SMILES string of the molecule is CC[C@@H]1CN(C(=O)O)Cc2c(ccc3c2CCCC3)O1. The first-order valence-corrected chi connectivity index (χ1v) is 7.47. The number of amides is 1. The minimum absolute atomic E-state index is 0.0472. The lowest BCUT2D eigenvalue weighted by molar-refractivity contribution is 0.114. The van der Waals surface area contributed by atoms with E-state index in [0.717, 1.165) is 30.6 Å². The second kappa shape index (κ2) is 5.35. The highest BCUT2D eigenvalue weighted by molar-refractivity contribution is 5.66. The maximum absolute atomic E-state index is 11.4. The van der Waals surface area contributed by atoms with Gasteiger partial charge in [0.1, 0.15) is 11.9 Å². The summed E-state index contributed by atoms with van der Waals surface area (Å²) < 4.78 is 6.05. The van der Waals surface area contributed by atoms with Crippen LogP contribution in [0.1, 0.15) is 42.9 Å². The maximum Gasteiger partial charge on any atom is 0.407 e. The molecular formula is C16H21NO3. The fourth-order valence-corrected chi connectivity index (χ4v) is 3.24. The van der Waals surface area contributed by atoms with Gasteiger partial charge in [-0.2, -0.15) is 0 Å². The monoisotopic (exact) mass is 275 g/mol. The highest BCUT2D eigenvalue weighted by Gasteiger charge is 2.28. The van der Waals surface area contributed by atoms with Gasteiger partial charge in [0.05, 0.1) is 13.1 Å². The number of hydrogen-bond donors (Lipinski definition) is 1. The van der Waals surface area contributed by atoms with Crippen LogP contribution in [0.25, 0.3) is 0 Å². The molecule has 1 aromatic carbocycles. The molecule has 1 aromatic rings. The maximum atomic E-state index is 11.4. The van der Waals surface area contributed by atoms with Gasteiger partial charge in [0.25, 0.3) is 0 Å². The summed E-state index contributed by atoms with van der Waals surface area (Å²) in [5.74, 6) is 0.890. The molecule has 20 heavy (non-hydrogen) atoms. The zero-order valence-electron chi connectivity index (χ0n) is 11.9. The molecule has 1 N–H and O–H groups in total. The Morgan fingerprint density at radius 1 is 1.35 bits per heavy atom. The Morgan fingerprint density at radius 2 is 2.15 bits per heavy atom. The van der Waals surface area contributed by atoms with Crippen LogP contribution >= 0.6 is 0 Å². The summed E-state index contributed by atoms with van der Waals surface area (Å²) in [5, 5.41) is 9.38. The van der Waals surface area contributed by atoms with Crippen molar-refractivity contribution < 1.29 is 14.6 Å². The molecule has 1 amide bonds. The lowest BCUT2D eigenvalue weighted by Gasteiger charge is -2.22. The molecule has 1 aliphatic carbocycles. The van der Waals surface area contributed by atoms with Crippen molar-refractivity contribution >= 4 is 6.09 Å². The van der Waals surface area contributed by atoms with E-state index in [1.807, 2.05) is 13.0 Å². The molecule has 4 heteroatoms. The van der Waals surface area contributed by atoms with Crippen molar-refractivity contribution in [2.45, 2.75) is 51.7 Å². The minimum Gasteiger partial charge on any atom is -0.488 e. The van der Waals surface area contributed by atoms with Gasteiger partial charge in [-0.05, 0) is 49.3 Å². The quantitative estimate of drug-likeness (QED) is 0.856. The van der Waals surface area contributed by atoms with Crippen molar-refractivity contribution in [2.75, 3.05) is 6.54 Å². The van der Waals surface area contributed by atoms with Gasteiger partial charge < -0.3 is 14.7 Å². The number of hydrogen-bond acceptors (Lipinski definition) is 2. The second-order valence-corrected chi connectivity index (χ2v) is 5.70. The van der Waals surface area contributed by atoms with Crippen molar-refractivity contribution in [1.29, 1.82) is 0 Å². The molecular weight excluding hydrogens is 254 g/mol. The van der Waals surface area contributed by atoms with Crippen LogP contribution < -0.4 is 4.74 Å². The molecule has 0 saturated heterocycles. The normalized spacial score (nSPS) is 21.4. The molecule has 1 atom stereocenters. The first-order valence-electron chi connectivity index (χ1n) is 7.47. The summed E-state index contributed by atoms with van der Waals surface area (Å²) in [7, 11) is 0. The lowest BCUT2D eigenvalue weighted by Crippen LogP contribution is -2.36. The summed E-state index contributed by atoms with van der Waals surface area (Å²) in [5.41, 5.74) is 3.80.